The summed E-state index contributed by atoms with van der Waals surface area (Å²) < 4.78 is 0. The fourth-order valence-electron chi connectivity index (χ4n) is 3.73. The molecule has 3 heteroatoms. The molecule has 1 unspecified atom stereocenters. The van der Waals surface area contributed by atoms with Crippen LogP contribution in [-0.4, -0.2) is 29.6 Å². The molecule has 21 heavy (non-hydrogen) atoms. The standard InChI is InChI=1S/C18H33N3/c1-6-18(7-2,21(8-3)9-4)17(20-19)14-16-13-11-10-12-15(16)5/h10-13,17,20H,6-9,14,19H2,1-5H3. The second-order valence-electron chi connectivity index (χ2n) is 5.83. The third-order valence-electron chi connectivity index (χ3n) is 5.15. The van der Waals surface area contributed by atoms with Gasteiger partial charge in [0.1, 0.15) is 0 Å². The quantitative estimate of drug-likeness (QED) is 0.542. The molecule has 0 aromatic heterocycles. The molecule has 1 aromatic rings. The molecule has 0 aliphatic rings. The molecule has 3 nitrogen and oxygen atoms in total. The van der Waals surface area contributed by atoms with E-state index in [9.17, 15) is 0 Å². The number of hydrogen-bond donors (Lipinski definition) is 2. The van der Waals surface area contributed by atoms with Crippen molar-refractivity contribution in [2.24, 2.45) is 5.84 Å². The number of hydrogen-bond acceptors (Lipinski definition) is 3. The van der Waals surface area contributed by atoms with Gasteiger partial charge in [-0.1, -0.05) is 52.0 Å². The van der Waals surface area contributed by atoms with Gasteiger partial charge < -0.3 is 0 Å². The van der Waals surface area contributed by atoms with Crippen molar-refractivity contribution in [3.05, 3.63) is 35.4 Å². The van der Waals surface area contributed by atoms with Crippen molar-refractivity contribution in [2.75, 3.05) is 13.1 Å². The van der Waals surface area contributed by atoms with Crippen LogP contribution in [0.4, 0.5) is 0 Å². The zero-order valence-corrected chi connectivity index (χ0v) is 14.4. The first-order valence-electron chi connectivity index (χ1n) is 8.35. The summed E-state index contributed by atoms with van der Waals surface area (Å²) in [5.41, 5.74) is 5.97. The lowest BCUT2D eigenvalue weighted by Gasteiger charge is -2.48. The van der Waals surface area contributed by atoms with Crippen molar-refractivity contribution in [2.45, 2.75) is 65.5 Å². The molecule has 0 bridgehead atoms. The first-order valence-corrected chi connectivity index (χ1v) is 8.35. The molecule has 120 valence electrons. The van der Waals surface area contributed by atoms with Gasteiger partial charge in [0.05, 0.1) is 0 Å². The molecule has 3 N–H and O–H groups in total. The Kier molecular flexibility index (Phi) is 7.36. The highest BCUT2D eigenvalue weighted by Crippen LogP contribution is 2.30. The van der Waals surface area contributed by atoms with Crippen molar-refractivity contribution in [3.8, 4) is 0 Å². The second-order valence-corrected chi connectivity index (χ2v) is 5.83. The molecule has 0 fully saturated rings. The molecule has 0 spiro atoms. The Hall–Kier alpha value is -0.900. The third-order valence-corrected chi connectivity index (χ3v) is 5.15. The van der Waals surface area contributed by atoms with Crippen LogP contribution in [0.25, 0.3) is 0 Å². The van der Waals surface area contributed by atoms with E-state index in [-0.39, 0.29) is 11.6 Å². The number of benzene rings is 1. The van der Waals surface area contributed by atoms with Crippen molar-refractivity contribution in [3.63, 3.8) is 0 Å². The summed E-state index contributed by atoms with van der Waals surface area (Å²) in [5, 5.41) is 0. The summed E-state index contributed by atoms with van der Waals surface area (Å²) in [6, 6.07) is 8.87. The molecule has 0 radical (unpaired) electrons. The largest absolute Gasteiger partial charge is 0.297 e. The predicted octanol–water partition coefficient (Wildman–Crippen LogP) is 3.27. The lowest BCUT2D eigenvalue weighted by Crippen LogP contribution is -2.63. The average molecular weight is 291 g/mol. The Bertz CT molecular complexity index is 409. The predicted molar refractivity (Wildman–Crippen MR) is 92.2 cm³/mol. The van der Waals surface area contributed by atoms with Crippen LogP contribution >= 0.6 is 0 Å². The summed E-state index contributed by atoms with van der Waals surface area (Å²) in [6.45, 7) is 13.3. The van der Waals surface area contributed by atoms with Crippen LogP contribution in [-0.2, 0) is 6.42 Å². The maximum absolute atomic E-state index is 5.98. The number of nitrogens with two attached hydrogens (primary N) is 1. The molecule has 0 amide bonds. The van der Waals surface area contributed by atoms with Gasteiger partial charge in [0.15, 0.2) is 0 Å². The van der Waals surface area contributed by atoms with Crippen LogP contribution in [0.5, 0.6) is 0 Å². The summed E-state index contributed by atoms with van der Waals surface area (Å²) in [7, 11) is 0. The summed E-state index contributed by atoms with van der Waals surface area (Å²) in [4.78, 5) is 2.57. The molecule has 0 aliphatic heterocycles. The van der Waals surface area contributed by atoms with E-state index in [1.807, 2.05) is 0 Å². The highest BCUT2D eigenvalue weighted by Gasteiger charge is 2.39. The van der Waals surface area contributed by atoms with E-state index in [4.69, 9.17) is 5.84 Å². The van der Waals surface area contributed by atoms with Crippen LogP contribution in [0.1, 0.15) is 51.7 Å². The Labute approximate surface area is 130 Å². The Morgan fingerprint density at radius 2 is 1.67 bits per heavy atom. The summed E-state index contributed by atoms with van der Waals surface area (Å²) >= 11 is 0. The SMILES string of the molecule is CCN(CC)C(CC)(CC)C(Cc1ccccc1C)NN. The average Bonchev–Trinajstić information content (AvgIpc) is 2.52. The van der Waals surface area contributed by atoms with Gasteiger partial charge in [-0.25, -0.2) is 0 Å². The zero-order valence-electron chi connectivity index (χ0n) is 14.4. The second kappa shape index (κ2) is 8.52. The fourth-order valence-corrected chi connectivity index (χ4v) is 3.73. The van der Waals surface area contributed by atoms with Crippen LogP contribution in [0, 0.1) is 6.92 Å². The minimum absolute atomic E-state index is 0.112. The molecule has 1 atom stereocenters. The van der Waals surface area contributed by atoms with Gasteiger partial charge in [-0.15, -0.1) is 0 Å². The molecular formula is C18H33N3. The smallest absolute Gasteiger partial charge is 0.0434 e. The topological polar surface area (TPSA) is 41.3 Å². The molecule has 0 aliphatic carbocycles. The van der Waals surface area contributed by atoms with Crippen molar-refractivity contribution < 1.29 is 0 Å². The maximum Gasteiger partial charge on any atom is 0.0434 e. The molecule has 0 saturated carbocycles. The Balaban J connectivity index is 3.11. The minimum Gasteiger partial charge on any atom is -0.297 e. The van der Waals surface area contributed by atoms with Crippen LogP contribution in [0.15, 0.2) is 24.3 Å². The number of nitrogens with zero attached hydrogens (tertiary/aromatic N) is 1. The number of hydrazine groups is 1. The van der Waals surface area contributed by atoms with Gasteiger partial charge in [-0.05, 0) is 50.4 Å². The van der Waals surface area contributed by atoms with E-state index in [1.54, 1.807) is 0 Å². The van der Waals surface area contributed by atoms with Gasteiger partial charge in [0.2, 0.25) is 0 Å². The van der Waals surface area contributed by atoms with Gasteiger partial charge >= 0.3 is 0 Å². The molecule has 1 aromatic carbocycles. The molecule has 0 heterocycles. The molecular weight excluding hydrogens is 258 g/mol. The van der Waals surface area contributed by atoms with E-state index < -0.39 is 0 Å². The normalized spacial score (nSPS) is 13.7. The van der Waals surface area contributed by atoms with Crippen LogP contribution < -0.4 is 11.3 Å². The van der Waals surface area contributed by atoms with E-state index in [0.29, 0.717) is 0 Å². The van der Waals surface area contributed by atoms with E-state index in [0.717, 1.165) is 32.4 Å². The highest BCUT2D eigenvalue weighted by atomic mass is 15.3. The van der Waals surface area contributed by atoms with Crippen molar-refractivity contribution in [1.29, 1.82) is 0 Å². The number of likely N-dealkylation sites (N-methyl/N-ethyl adjacent to an activating group) is 1. The minimum atomic E-state index is 0.112. The lowest BCUT2D eigenvalue weighted by molar-refractivity contribution is 0.0492. The van der Waals surface area contributed by atoms with E-state index >= 15 is 0 Å². The summed E-state index contributed by atoms with van der Waals surface area (Å²) in [6.07, 6.45) is 3.18. The highest BCUT2D eigenvalue weighted by molar-refractivity contribution is 5.27. The first kappa shape index (κ1) is 18.1. The van der Waals surface area contributed by atoms with Gasteiger partial charge in [-0.3, -0.25) is 16.2 Å². The number of aryl methyl sites for hydroxylation is 1. The summed E-state index contributed by atoms with van der Waals surface area (Å²) in [5.74, 6) is 5.98. The van der Waals surface area contributed by atoms with E-state index in [1.165, 1.54) is 11.1 Å². The lowest BCUT2D eigenvalue weighted by atomic mass is 9.79. The Morgan fingerprint density at radius 1 is 1.10 bits per heavy atom. The van der Waals surface area contributed by atoms with Crippen molar-refractivity contribution in [1.82, 2.24) is 10.3 Å². The van der Waals surface area contributed by atoms with Crippen molar-refractivity contribution >= 4 is 0 Å². The molecule has 0 saturated heterocycles. The monoisotopic (exact) mass is 291 g/mol. The Morgan fingerprint density at radius 3 is 2.10 bits per heavy atom. The van der Waals surface area contributed by atoms with Crippen LogP contribution in [0.3, 0.4) is 0 Å². The first-order chi connectivity index (χ1) is 10.1. The van der Waals surface area contributed by atoms with Gasteiger partial charge in [-0.2, -0.15) is 0 Å². The number of nitrogens with one attached hydrogen (secondary N) is 1. The number of rotatable bonds is 9. The van der Waals surface area contributed by atoms with Gasteiger partial charge in [0.25, 0.3) is 0 Å². The molecule has 1 rings (SSSR count). The zero-order chi connectivity index (χ0) is 15.9. The van der Waals surface area contributed by atoms with E-state index in [2.05, 4.69) is 69.2 Å². The maximum atomic E-state index is 5.98. The fraction of sp³-hybridized carbons (Fsp3) is 0.667. The van der Waals surface area contributed by atoms with Crippen LogP contribution in [0.2, 0.25) is 0 Å². The third kappa shape index (κ3) is 3.85. The van der Waals surface area contributed by atoms with Gasteiger partial charge in [0, 0.05) is 11.6 Å².